The molecule has 6 aromatic carbocycles. The summed E-state index contributed by atoms with van der Waals surface area (Å²) in [6, 6.07) is 29.2. The van der Waals surface area contributed by atoms with Crippen molar-refractivity contribution >= 4 is 83.5 Å². The third-order valence-electron chi connectivity index (χ3n) is 11.7. The van der Waals surface area contributed by atoms with Gasteiger partial charge in [0.25, 0.3) is 5.69 Å². The highest BCUT2D eigenvalue weighted by Gasteiger charge is 2.13. The number of aliphatic hydroxyl groups is 6. The topological polar surface area (TPSA) is 357 Å². The lowest BCUT2D eigenvalue weighted by Gasteiger charge is -1.97. The lowest BCUT2D eigenvalue weighted by atomic mass is 10.1. The van der Waals surface area contributed by atoms with E-state index in [-0.39, 0.29) is 43.7 Å². The van der Waals surface area contributed by atoms with Gasteiger partial charge in [0.05, 0.1) is 72.2 Å². The maximum atomic E-state index is 12.6. The highest BCUT2D eigenvalue weighted by Crippen LogP contribution is 2.24. The van der Waals surface area contributed by atoms with Crippen LogP contribution in [0.5, 0.6) is 5.75 Å². The summed E-state index contributed by atoms with van der Waals surface area (Å²) < 4.78 is 12.6. The van der Waals surface area contributed by atoms with Crippen LogP contribution < -0.4 is 0 Å². The molecule has 0 spiro atoms. The number of rotatable bonds is 8. The molecule has 78 heavy (non-hydrogen) atoms. The Morgan fingerprint density at radius 3 is 1.63 bits per heavy atom. The third kappa shape index (κ3) is 14.4. The molecular weight excluding hydrogens is 1030 g/mol. The number of hydrogen-bond acceptors (Lipinski definition) is 15. The molecule has 6 aromatic heterocycles. The molecule has 0 bridgehead atoms. The highest BCUT2D eigenvalue weighted by atomic mass is 35.5. The number of H-pyrrole nitrogens is 6. The number of hydrogen-bond donors (Lipinski definition) is 13. The van der Waals surface area contributed by atoms with E-state index in [1.807, 2.05) is 43.3 Å². The second-order valence-corrected chi connectivity index (χ2v) is 18.1. The predicted molar refractivity (Wildman–Crippen MR) is 294 cm³/mol. The summed E-state index contributed by atoms with van der Waals surface area (Å²) >= 11 is 5.81. The number of non-ortho nitro benzene ring substituents is 1. The van der Waals surface area contributed by atoms with Gasteiger partial charge in [-0.1, -0.05) is 29.8 Å². The molecule has 0 saturated carbocycles. The summed E-state index contributed by atoms with van der Waals surface area (Å²) in [5, 5.41) is 74.2. The van der Waals surface area contributed by atoms with Crippen LogP contribution in [0, 0.1) is 36.7 Å². The van der Waals surface area contributed by atoms with Gasteiger partial charge in [-0.25, -0.2) is 34.3 Å². The zero-order valence-corrected chi connectivity index (χ0v) is 43.6. The number of para-hydroxylation sites is 2. The SMILES string of the molecule is CC(O)c1nc2ccc([N+](=O)[O-])cc2[nH]1.Cc1cc2nc(C(C)O)[nH]c2cc1C.Cc1cccc2[nH]c(CO)nc12.OCCc1nc2ccc(Cl)cc2[nH]1.OCc1nc2c(O)cccc2[nH]1.OCc1nc2ccc(F)cc2[nH]1. The van der Waals surface area contributed by atoms with Crippen molar-refractivity contribution < 1.29 is 45.1 Å². The molecule has 22 nitrogen and oxygen atoms in total. The van der Waals surface area contributed by atoms with Crippen molar-refractivity contribution in [1.29, 1.82) is 0 Å². The Kier molecular flexibility index (Phi) is 18.9. The first kappa shape index (κ1) is 57.0. The van der Waals surface area contributed by atoms with Crippen molar-refractivity contribution in [3.63, 3.8) is 0 Å². The number of aromatic nitrogens is 12. The zero-order chi connectivity index (χ0) is 56.2. The van der Waals surface area contributed by atoms with Crippen LogP contribution in [0.15, 0.2) is 103 Å². The molecular formula is C54H57ClFN13O9. The Morgan fingerprint density at radius 1 is 0.538 bits per heavy atom. The normalized spacial score (nSPS) is 11.7. The fraction of sp³-hybridized carbons (Fsp3) is 0.222. The van der Waals surface area contributed by atoms with Gasteiger partial charge in [0.1, 0.15) is 84.1 Å². The Hall–Kier alpha value is -8.68. The number of phenols is 1. The number of aromatic hydroxyl groups is 1. The predicted octanol–water partition coefficient (Wildman–Crippen LogP) is 8.83. The number of aryl methyl sites for hydroxylation is 3. The summed E-state index contributed by atoms with van der Waals surface area (Å²) in [6.07, 6.45) is -0.703. The largest absolute Gasteiger partial charge is 0.506 e. The van der Waals surface area contributed by atoms with Crippen LogP contribution >= 0.6 is 11.6 Å². The number of nitro groups is 1. The Labute approximate surface area is 447 Å². The smallest absolute Gasteiger partial charge is 0.271 e. The van der Waals surface area contributed by atoms with Crippen LogP contribution in [0.4, 0.5) is 10.1 Å². The van der Waals surface area contributed by atoms with E-state index in [2.05, 4.69) is 79.7 Å². The van der Waals surface area contributed by atoms with E-state index < -0.39 is 17.1 Å². The second-order valence-electron chi connectivity index (χ2n) is 17.7. The van der Waals surface area contributed by atoms with E-state index in [0.717, 1.165) is 50.0 Å². The molecule has 406 valence electrons. The first-order chi connectivity index (χ1) is 37.4. The lowest BCUT2D eigenvalue weighted by Crippen LogP contribution is -1.92. The van der Waals surface area contributed by atoms with Gasteiger partial charge in [-0.3, -0.25) is 10.1 Å². The first-order valence-corrected chi connectivity index (χ1v) is 24.5. The van der Waals surface area contributed by atoms with Crippen molar-refractivity contribution in [1.82, 2.24) is 59.8 Å². The second kappa shape index (κ2) is 25.9. The van der Waals surface area contributed by atoms with Gasteiger partial charge in [0, 0.05) is 23.6 Å². The van der Waals surface area contributed by atoms with Gasteiger partial charge >= 0.3 is 0 Å². The van der Waals surface area contributed by atoms with Crippen LogP contribution in [0.25, 0.3) is 66.2 Å². The average Bonchev–Trinajstić information content (AvgIpc) is 4.32. The van der Waals surface area contributed by atoms with Crippen LogP contribution in [0.1, 0.15) is 77.7 Å². The Bertz CT molecular complexity index is 3840. The number of nitrogens with one attached hydrogen (secondary N) is 6. The molecule has 0 aliphatic rings. The zero-order valence-electron chi connectivity index (χ0n) is 42.8. The maximum Gasteiger partial charge on any atom is 0.271 e. The molecule has 12 aromatic rings. The summed E-state index contributed by atoms with van der Waals surface area (Å²) in [4.78, 5) is 52.6. The number of phenolic OH excluding ortho intramolecular Hbond substituents is 1. The van der Waals surface area contributed by atoms with Gasteiger partial charge in [0.15, 0.2) is 0 Å². The number of imidazole rings is 6. The standard InChI is InChI=1S/C11H14N2O.C9H9ClN2O.C9H9N3O3.C9H10N2O.C8H7FN2O.C8H8N2O2/c1-6-4-9-10(5-7(6)2)13-11(12-9)8(3)14;10-6-1-2-7-8(5-6)12-9(11-7)3-4-13;1-5(13)9-10-7-3-2-6(12(14)15)4-8(7)11-9;1-6-3-2-4-7-9(6)11-8(5-12)10-7;9-5-1-2-6-7(3-5)11-8(4-12)10-6;11-4-7-9-5-2-1-3-6(12)8(5)10-7/h4-5,8,14H,1-3H3,(H,12,13);1-2,5,13H,3-4H2,(H,11,12);2-5,13H,1H3,(H,10,11);2-4,12H,5H2,1H3,(H,10,11);1-3,12H,4H2,(H,10,11);1-3,11-12H,4H2,(H,9,10). The average molecular weight is 1090 g/mol. The number of benzene rings is 6. The summed E-state index contributed by atoms with van der Waals surface area (Å²) in [5.41, 5.74) is 12.9. The Morgan fingerprint density at radius 2 is 1.03 bits per heavy atom. The van der Waals surface area contributed by atoms with Crippen molar-refractivity contribution in [3.05, 3.63) is 176 Å². The fourth-order valence-electron chi connectivity index (χ4n) is 7.63. The number of nitro benzene ring substituents is 1. The van der Waals surface area contributed by atoms with Crippen LogP contribution in [-0.4, -0.2) is 107 Å². The molecule has 0 fully saturated rings. The number of nitrogens with zero attached hydrogens (tertiary/aromatic N) is 7. The van der Waals surface area contributed by atoms with Gasteiger partial charge in [0.2, 0.25) is 0 Å². The number of fused-ring (bicyclic) bond motifs is 6. The molecule has 12 rings (SSSR count). The summed E-state index contributed by atoms with van der Waals surface area (Å²) in [7, 11) is 0. The number of aromatic amines is 6. The molecule has 0 aliphatic heterocycles. The molecule has 6 heterocycles. The summed E-state index contributed by atoms with van der Waals surface area (Å²) in [6.45, 7) is 9.18. The third-order valence-corrected chi connectivity index (χ3v) is 11.9. The monoisotopic (exact) mass is 1090 g/mol. The van der Waals surface area contributed by atoms with E-state index >= 15 is 0 Å². The number of aliphatic hydroxyl groups excluding tert-OH is 6. The van der Waals surface area contributed by atoms with Gasteiger partial charge < -0.3 is 65.6 Å². The number of halogens is 2. The quantitative estimate of drug-likeness (QED) is 0.0499. The minimum absolute atomic E-state index is 0.00305. The molecule has 13 N–H and O–H groups in total. The van der Waals surface area contributed by atoms with E-state index in [4.69, 9.17) is 32.0 Å². The maximum absolute atomic E-state index is 12.6. The van der Waals surface area contributed by atoms with Crippen molar-refractivity contribution in [2.45, 2.75) is 73.1 Å². The first-order valence-electron chi connectivity index (χ1n) is 24.2. The van der Waals surface area contributed by atoms with Gasteiger partial charge in [-0.2, -0.15) is 0 Å². The van der Waals surface area contributed by atoms with E-state index in [1.54, 1.807) is 50.2 Å². The minimum atomic E-state index is -0.712. The summed E-state index contributed by atoms with van der Waals surface area (Å²) in [5.74, 6) is 3.19. The van der Waals surface area contributed by atoms with Crippen LogP contribution in [0.2, 0.25) is 5.02 Å². The molecule has 2 atom stereocenters. The molecule has 2 unspecified atom stereocenters. The van der Waals surface area contributed by atoms with Gasteiger partial charge in [-0.05, 0) is 124 Å². The van der Waals surface area contributed by atoms with Crippen LogP contribution in [-0.2, 0) is 26.2 Å². The van der Waals surface area contributed by atoms with Crippen molar-refractivity contribution in [3.8, 4) is 5.75 Å². The molecule has 0 aliphatic carbocycles. The fourth-order valence-corrected chi connectivity index (χ4v) is 7.80. The van der Waals surface area contributed by atoms with E-state index in [0.29, 0.717) is 68.1 Å². The van der Waals surface area contributed by atoms with E-state index in [9.17, 15) is 29.8 Å². The van der Waals surface area contributed by atoms with Crippen molar-refractivity contribution in [2.24, 2.45) is 0 Å². The minimum Gasteiger partial charge on any atom is -0.506 e. The highest BCUT2D eigenvalue weighted by molar-refractivity contribution is 6.31. The molecule has 24 heteroatoms. The lowest BCUT2D eigenvalue weighted by molar-refractivity contribution is -0.384. The molecule has 0 amide bonds. The Balaban J connectivity index is 0.000000136. The van der Waals surface area contributed by atoms with E-state index in [1.165, 1.54) is 35.4 Å². The molecule has 0 radical (unpaired) electrons. The van der Waals surface area contributed by atoms with Crippen LogP contribution in [0.3, 0.4) is 0 Å². The van der Waals surface area contributed by atoms with Gasteiger partial charge in [-0.15, -0.1) is 0 Å². The van der Waals surface area contributed by atoms with Crippen molar-refractivity contribution in [2.75, 3.05) is 6.61 Å². The molecule has 0 saturated heterocycles.